The molecule has 2 aromatic carbocycles. The molecule has 0 spiro atoms. The minimum atomic E-state index is -0.362. The molecule has 0 aliphatic carbocycles. The van der Waals surface area contributed by atoms with E-state index in [-0.39, 0.29) is 5.97 Å². The van der Waals surface area contributed by atoms with E-state index in [1.54, 1.807) is 6.08 Å². The average Bonchev–Trinajstić information content (AvgIpc) is 2.52. The van der Waals surface area contributed by atoms with Crippen LogP contribution in [0.15, 0.2) is 54.6 Å². The molecule has 0 aliphatic heterocycles. The first kappa shape index (κ1) is 14.9. The van der Waals surface area contributed by atoms with E-state index in [9.17, 15) is 4.79 Å². The van der Waals surface area contributed by atoms with Crippen LogP contribution in [0.1, 0.15) is 16.7 Å². The molecule has 0 aliphatic rings. The third-order valence-electron chi connectivity index (χ3n) is 3.09. The van der Waals surface area contributed by atoms with Crippen molar-refractivity contribution in [1.29, 1.82) is 0 Å². The van der Waals surface area contributed by atoms with Gasteiger partial charge < -0.3 is 9.47 Å². The van der Waals surface area contributed by atoms with Crippen molar-refractivity contribution in [3.63, 3.8) is 0 Å². The van der Waals surface area contributed by atoms with Crippen molar-refractivity contribution in [2.45, 2.75) is 13.5 Å². The molecule has 0 bridgehead atoms. The number of esters is 1. The molecule has 0 unspecified atom stereocenters. The van der Waals surface area contributed by atoms with Gasteiger partial charge in [0.1, 0.15) is 12.4 Å². The first-order valence-corrected chi connectivity index (χ1v) is 6.72. The summed E-state index contributed by atoms with van der Waals surface area (Å²) in [5, 5.41) is 0. The van der Waals surface area contributed by atoms with Gasteiger partial charge in [0.15, 0.2) is 0 Å². The van der Waals surface area contributed by atoms with Crippen LogP contribution in [0.4, 0.5) is 0 Å². The second-order valence-electron chi connectivity index (χ2n) is 4.65. The summed E-state index contributed by atoms with van der Waals surface area (Å²) in [6.45, 7) is 2.52. The zero-order valence-corrected chi connectivity index (χ0v) is 12.2. The van der Waals surface area contributed by atoms with Gasteiger partial charge in [0.25, 0.3) is 0 Å². The summed E-state index contributed by atoms with van der Waals surface area (Å²) in [7, 11) is 1.36. The SMILES string of the molecule is COC(=O)/C=C/c1ccc(OCc2ccccc2)cc1C. The van der Waals surface area contributed by atoms with Gasteiger partial charge in [-0.2, -0.15) is 0 Å². The molecule has 0 aromatic heterocycles. The highest BCUT2D eigenvalue weighted by molar-refractivity contribution is 5.87. The zero-order valence-electron chi connectivity index (χ0n) is 12.2. The van der Waals surface area contributed by atoms with E-state index in [1.165, 1.54) is 13.2 Å². The zero-order chi connectivity index (χ0) is 15.1. The van der Waals surface area contributed by atoms with Gasteiger partial charge in [-0.25, -0.2) is 4.79 Å². The first-order valence-electron chi connectivity index (χ1n) is 6.72. The third-order valence-corrected chi connectivity index (χ3v) is 3.09. The normalized spacial score (nSPS) is 10.6. The number of benzene rings is 2. The fourth-order valence-corrected chi connectivity index (χ4v) is 1.89. The van der Waals surface area contributed by atoms with E-state index in [0.29, 0.717) is 6.61 Å². The Morgan fingerprint density at radius 2 is 1.90 bits per heavy atom. The highest BCUT2D eigenvalue weighted by Crippen LogP contribution is 2.19. The lowest BCUT2D eigenvalue weighted by Crippen LogP contribution is -1.96. The fraction of sp³-hybridized carbons (Fsp3) is 0.167. The van der Waals surface area contributed by atoms with Gasteiger partial charge in [0.05, 0.1) is 7.11 Å². The van der Waals surface area contributed by atoms with Gasteiger partial charge in [0.2, 0.25) is 0 Å². The topological polar surface area (TPSA) is 35.5 Å². The van der Waals surface area contributed by atoms with E-state index in [1.807, 2.05) is 55.5 Å². The minimum Gasteiger partial charge on any atom is -0.489 e. The fourth-order valence-electron chi connectivity index (χ4n) is 1.89. The van der Waals surface area contributed by atoms with Crippen molar-refractivity contribution in [3.05, 3.63) is 71.3 Å². The number of hydrogen-bond donors (Lipinski definition) is 0. The standard InChI is InChI=1S/C18H18O3/c1-14-12-17(21-13-15-6-4-3-5-7-15)10-8-16(14)9-11-18(19)20-2/h3-12H,13H2,1-2H3/b11-9+. The maximum absolute atomic E-state index is 11.1. The number of methoxy groups -OCH3 is 1. The lowest BCUT2D eigenvalue weighted by atomic mass is 10.1. The summed E-state index contributed by atoms with van der Waals surface area (Å²) in [6.07, 6.45) is 3.15. The average molecular weight is 282 g/mol. The third kappa shape index (κ3) is 4.49. The van der Waals surface area contributed by atoms with Crippen LogP contribution >= 0.6 is 0 Å². The predicted octanol–water partition coefficient (Wildman–Crippen LogP) is 3.76. The molecule has 3 nitrogen and oxygen atoms in total. The number of carbonyl (C=O) groups excluding carboxylic acids is 1. The summed E-state index contributed by atoms with van der Waals surface area (Å²) in [5.74, 6) is 0.449. The van der Waals surface area contributed by atoms with E-state index in [2.05, 4.69) is 4.74 Å². The molecule has 0 amide bonds. The van der Waals surface area contributed by atoms with Gasteiger partial charge in [0, 0.05) is 6.08 Å². The number of carbonyl (C=O) groups is 1. The summed E-state index contributed by atoms with van der Waals surface area (Å²) in [5.41, 5.74) is 3.14. The Balaban J connectivity index is 2.02. The highest BCUT2D eigenvalue weighted by atomic mass is 16.5. The molecular weight excluding hydrogens is 264 g/mol. The Kier molecular flexibility index (Phi) is 5.16. The highest BCUT2D eigenvalue weighted by Gasteiger charge is 2.00. The van der Waals surface area contributed by atoms with Crippen molar-refractivity contribution in [2.24, 2.45) is 0 Å². The Morgan fingerprint density at radius 1 is 1.14 bits per heavy atom. The lowest BCUT2D eigenvalue weighted by molar-refractivity contribution is -0.134. The largest absolute Gasteiger partial charge is 0.489 e. The van der Waals surface area contributed by atoms with E-state index in [4.69, 9.17) is 4.74 Å². The first-order chi connectivity index (χ1) is 10.2. The van der Waals surface area contributed by atoms with Crippen LogP contribution in [0.3, 0.4) is 0 Å². The number of aryl methyl sites for hydroxylation is 1. The van der Waals surface area contributed by atoms with Crippen molar-refractivity contribution < 1.29 is 14.3 Å². The molecule has 0 saturated heterocycles. The van der Waals surface area contributed by atoms with Gasteiger partial charge in [-0.05, 0) is 41.8 Å². The molecule has 0 atom stereocenters. The van der Waals surface area contributed by atoms with Gasteiger partial charge in [-0.3, -0.25) is 0 Å². The smallest absolute Gasteiger partial charge is 0.330 e. The van der Waals surface area contributed by atoms with E-state index >= 15 is 0 Å². The van der Waals surface area contributed by atoms with Crippen LogP contribution in [-0.4, -0.2) is 13.1 Å². The van der Waals surface area contributed by atoms with Crippen molar-refractivity contribution >= 4 is 12.0 Å². The van der Waals surface area contributed by atoms with Gasteiger partial charge in [-0.15, -0.1) is 0 Å². The van der Waals surface area contributed by atoms with Crippen LogP contribution < -0.4 is 4.74 Å². The summed E-state index contributed by atoms with van der Waals surface area (Å²) in [6, 6.07) is 15.8. The van der Waals surface area contributed by atoms with E-state index in [0.717, 1.165) is 22.4 Å². The maximum atomic E-state index is 11.1. The molecule has 0 radical (unpaired) electrons. The Hall–Kier alpha value is -2.55. The Morgan fingerprint density at radius 3 is 2.57 bits per heavy atom. The van der Waals surface area contributed by atoms with Crippen LogP contribution in [0, 0.1) is 6.92 Å². The molecule has 0 heterocycles. The molecule has 2 aromatic rings. The van der Waals surface area contributed by atoms with Crippen molar-refractivity contribution in [3.8, 4) is 5.75 Å². The predicted molar refractivity (Wildman–Crippen MR) is 83.0 cm³/mol. The number of hydrogen-bond acceptors (Lipinski definition) is 3. The number of rotatable bonds is 5. The molecule has 2 rings (SSSR count). The molecule has 21 heavy (non-hydrogen) atoms. The molecule has 0 saturated carbocycles. The number of ether oxygens (including phenoxy) is 2. The second kappa shape index (κ2) is 7.29. The molecule has 0 fully saturated rings. The van der Waals surface area contributed by atoms with Crippen LogP contribution in [0.25, 0.3) is 6.08 Å². The molecule has 3 heteroatoms. The minimum absolute atomic E-state index is 0.362. The molecular formula is C18H18O3. The van der Waals surface area contributed by atoms with Crippen molar-refractivity contribution in [2.75, 3.05) is 7.11 Å². The Bertz CT molecular complexity index is 630. The van der Waals surface area contributed by atoms with Gasteiger partial charge in [-0.1, -0.05) is 36.4 Å². The van der Waals surface area contributed by atoms with Crippen LogP contribution in [0.2, 0.25) is 0 Å². The van der Waals surface area contributed by atoms with Crippen LogP contribution in [-0.2, 0) is 16.1 Å². The van der Waals surface area contributed by atoms with Crippen LogP contribution in [0.5, 0.6) is 5.75 Å². The molecule has 0 N–H and O–H groups in total. The quantitative estimate of drug-likeness (QED) is 0.618. The summed E-state index contributed by atoms with van der Waals surface area (Å²) >= 11 is 0. The van der Waals surface area contributed by atoms with Gasteiger partial charge >= 0.3 is 5.97 Å². The summed E-state index contributed by atoms with van der Waals surface area (Å²) in [4.78, 5) is 11.1. The Labute approximate surface area is 124 Å². The molecule has 108 valence electrons. The monoisotopic (exact) mass is 282 g/mol. The van der Waals surface area contributed by atoms with Crippen molar-refractivity contribution in [1.82, 2.24) is 0 Å². The van der Waals surface area contributed by atoms with E-state index < -0.39 is 0 Å². The second-order valence-corrected chi connectivity index (χ2v) is 4.65. The maximum Gasteiger partial charge on any atom is 0.330 e. The summed E-state index contributed by atoms with van der Waals surface area (Å²) < 4.78 is 10.3. The lowest BCUT2D eigenvalue weighted by Gasteiger charge is -2.08.